The molecule has 2 aromatic carbocycles. The van der Waals surface area contributed by atoms with Gasteiger partial charge in [-0.25, -0.2) is 0 Å². The molecule has 1 N–H and O–H groups in total. The molecule has 1 aliphatic rings. The number of rotatable bonds is 4. The van der Waals surface area contributed by atoms with Gasteiger partial charge in [0.05, 0.1) is 16.8 Å². The number of carbonyl (C=O) groups excluding carboxylic acids is 2. The van der Waals surface area contributed by atoms with Crippen molar-refractivity contribution in [1.82, 2.24) is 9.80 Å². The van der Waals surface area contributed by atoms with Gasteiger partial charge in [0.1, 0.15) is 0 Å². The summed E-state index contributed by atoms with van der Waals surface area (Å²) >= 11 is 18.1. The molecule has 0 aromatic heterocycles. The Morgan fingerprint density at radius 2 is 1.72 bits per heavy atom. The van der Waals surface area contributed by atoms with Crippen molar-refractivity contribution in [1.29, 1.82) is 0 Å². The molecule has 29 heavy (non-hydrogen) atoms. The molecular formula is C21H22Cl3N3O2. The normalized spacial score (nSPS) is 16.2. The Hall–Kier alpha value is -1.79. The maximum Gasteiger partial charge on any atom is 0.253 e. The number of nitrogens with one attached hydrogen (secondary N) is 1. The number of nitrogens with zero attached hydrogens (tertiary/aromatic N) is 2. The summed E-state index contributed by atoms with van der Waals surface area (Å²) in [6.07, 6.45) is 0.780. The molecule has 1 heterocycles. The Labute approximate surface area is 185 Å². The Morgan fingerprint density at radius 3 is 2.48 bits per heavy atom. The number of amides is 2. The van der Waals surface area contributed by atoms with Crippen molar-refractivity contribution < 1.29 is 9.59 Å². The molecule has 0 bridgehead atoms. The van der Waals surface area contributed by atoms with Crippen molar-refractivity contribution in [2.24, 2.45) is 0 Å². The van der Waals surface area contributed by atoms with E-state index in [9.17, 15) is 9.59 Å². The first-order valence-corrected chi connectivity index (χ1v) is 10.5. The monoisotopic (exact) mass is 453 g/mol. The van der Waals surface area contributed by atoms with Gasteiger partial charge in [0, 0.05) is 41.8 Å². The van der Waals surface area contributed by atoms with Crippen LogP contribution in [0.2, 0.25) is 15.1 Å². The zero-order valence-corrected chi connectivity index (χ0v) is 18.3. The van der Waals surface area contributed by atoms with Crippen LogP contribution < -0.4 is 5.32 Å². The van der Waals surface area contributed by atoms with Crippen LogP contribution in [0.4, 0.5) is 5.69 Å². The van der Waals surface area contributed by atoms with Gasteiger partial charge in [0.2, 0.25) is 5.91 Å². The van der Waals surface area contributed by atoms with E-state index >= 15 is 0 Å². The Morgan fingerprint density at radius 1 is 0.966 bits per heavy atom. The van der Waals surface area contributed by atoms with Crippen LogP contribution in [0.15, 0.2) is 42.5 Å². The summed E-state index contributed by atoms with van der Waals surface area (Å²) in [5.41, 5.74) is 1.07. The van der Waals surface area contributed by atoms with Crippen molar-refractivity contribution in [2.45, 2.75) is 19.4 Å². The predicted octanol–water partition coefficient (Wildman–Crippen LogP) is 4.82. The van der Waals surface area contributed by atoms with E-state index in [1.165, 1.54) is 0 Å². The molecule has 8 heteroatoms. The Bertz CT molecular complexity index is 906. The Balaban J connectivity index is 1.61. The molecule has 5 nitrogen and oxygen atoms in total. The van der Waals surface area contributed by atoms with Crippen molar-refractivity contribution in [3.63, 3.8) is 0 Å². The molecule has 154 valence electrons. The summed E-state index contributed by atoms with van der Waals surface area (Å²) in [6, 6.07) is 11.5. The highest BCUT2D eigenvalue weighted by atomic mass is 35.5. The van der Waals surface area contributed by atoms with Crippen molar-refractivity contribution in [3.05, 3.63) is 63.1 Å². The molecule has 1 atom stereocenters. The van der Waals surface area contributed by atoms with Crippen LogP contribution in [0.1, 0.15) is 23.7 Å². The van der Waals surface area contributed by atoms with E-state index < -0.39 is 0 Å². The van der Waals surface area contributed by atoms with Gasteiger partial charge in [-0.2, -0.15) is 0 Å². The van der Waals surface area contributed by atoms with Crippen LogP contribution in [0.5, 0.6) is 0 Å². The second kappa shape index (κ2) is 9.81. The van der Waals surface area contributed by atoms with Crippen LogP contribution in [0.25, 0.3) is 0 Å². The summed E-state index contributed by atoms with van der Waals surface area (Å²) in [5.74, 6) is -0.207. The fraction of sp³-hybridized carbons (Fsp3) is 0.333. The quantitative estimate of drug-likeness (QED) is 0.720. The number of carbonyl (C=O) groups is 2. The van der Waals surface area contributed by atoms with Crippen molar-refractivity contribution >= 4 is 52.3 Å². The van der Waals surface area contributed by atoms with E-state index in [1.54, 1.807) is 42.5 Å². The predicted molar refractivity (Wildman–Crippen MR) is 118 cm³/mol. The van der Waals surface area contributed by atoms with Crippen LogP contribution in [0.3, 0.4) is 0 Å². The molecule has 0 saturated carbocycles. The van der Waals surface area contributed by atoms with E-state index in [0.29, 0.717) is 46.0 Å². The Kier molecular flexibility index (Phi) is 7.41. The summed E-state index contributed by atoms with van der Waals surface area (Å²) in [7, 11) is 0. The van der Waals surface area contributed by atoms with Crippen LogP contribution >= 0.6 is 34.8 Å². The van der Waals surface area contributed by atoms with Crippen LogP contribution in [-0.2, 0) is 4.79 Å². The van der Waals surface area contributed by atoms with Gasteiger partial charge < -0.3 is 10.2 Å². The summed E-state index contributed by atoms with van der Waals surface area (Å²) in [4.78, 5) is 29.4. The molecule has 2 amide bonds. The number of anilines is 1. The third-order valence-electron chi connectivity index (χ3n) is 5.00. The molecule has 0 spiro atoms. The fourth-order valence-corrected chi connectivity index (χ4v) is 3.86. The highest BCUT2D eigenvalue weighted by Crippen LogP contribution is 2.26. The average Bonchev–Trinajstić information content (AvgIpc) is 2.95. The van der Waals surface area contributed by atoms with E-state index in [4.69, 9.17) is 34.8 Å². The molecule has 3 rings (SSSR count). The first-order valence-electron chi connectivity index (χ1n) is 9.40. The molecule has 0 radical (unpaired) electrons. The SMILES string of the molecule is CC(C(=O)Nc1cc(Cl)ccc1Cl)N1CCCN(C(=O)c2cccc(Cl)c2)CC1. The van der Waals surface area contributed by atoms with Gasteiger partial charge in [-0.1, -0.05) is 40.9 Å². The molecule has 1 fully saturated rings. The van der Waals surface area contributed by atoms with Gasteiger partial charge in [0.15, 0.2) is 0 Å². The lowest BCUT2D eigenvalue weighted by Gasteiger charge is -2.27. The van der Waals surface area contributed by atoms with Gasteiger partial charge in [-0.15, -0.1) is 0 Å². The van der Waals surface area contributed by atoms with Crippen LogP contribution in [0, 0.1) is 0 Å². The fourth-order valence-electron chi connectivity index (χ4n) is 3.33. The number of halogens is 3. The third kappa shape index (κ3) is 5.64. The maximum atomic E-state index is 12.8. The topological polar surface area (TPSA) is 52.7 Å². The van der Waals surface area contributed by atoms with Gasteiger partial charge in [-0.3, -0.25) is 14.5 Å². The van der Waals surface area contributed by atoms with E-state index in [1.807, 2.05) is 11.8 Å². The zero-order valence-electron chi connectivity index (χ0n) is 16.0. The zero-order chi connectivity index (χ0) is 21.0. The van der Waals surface area contributed by atoms with Crippen molar-refractivity contribution in [2.75, 3.05) is 31.5 Å². The first kappa shape index (κ1) is 21.9. The number of hydrogen-bond donors (Lipinski definition) is 1. The molecule has 2 aromatic rings. The molecule has 1 unspecified atom stereocenters. The van der Waals surface area contributed by atoms with Gasteiger partial charge in [-0.05, 0) is 49.7 Å². The minimum Gasteiger partial charge on any atom is -0.337 e. The summed E-state index contributed by atoms with van der Waals surface area (Å²) in [5, 5.41) is 4.32. The third-order valence-corrected chi connectivity index (χ3v) is 5.80. The minimum atomic E-state index is -0.369. The van der Waals surface area contributed by atoms with Crippen molar-refractivity contribution in [3.8, 4) is 0 Å². The lowest BCUT2D eigenvalue weighted by molar-refractivity contribution is -0.120. The largest absolute Gasteiger partial charge is 0.337 e. The second-order valence-electron chi connectivity index (χ2n) is 6.98. The van der Waals surface area contributed by atoms with E-state index in [0.717, 1.165) is 13.0 Å². The number of benzene rings is 2. The lowest BCUT2D eigenvalue weighted by atomic mass is 10.2. The molecule has 1 saturated heterocycles. The minimum absolute atomic E-state index is 0.0443. The summed E-state index contributed by atoms with van der Waals surface area (Å²) in [6.45, 7) is 4.35. The smallest absolute Gasteiger partial charge is 0.253 e. The summed E-state index contributed by atoms with van der Waals surface area (Å²) < 4.78 is 0. The van der Waals surface area contributed by atoms with E-state index in [-0.39, 0.29) is 17.9 Å². The molecule has 0 aliphatic carbocycles. The number of hydrogen-bond acceptors (Lipinski definition) is 3. The highest BCUT2D eigenvalue weighted by molar-refractivity contribution is 6.35. The first-order chi connectivity index (χ1) is 13.8. The second-order valence-corrected chi connectivity index (χ2v) is 8.26. The van der Waals surface area contributed by atoms with E-state index in [2.05, 4.69) is 10.2 Å². The maximum absolute atomic E-state index is 12.8. The molecule has 1 aliphatic heterocycles. The standard InChI is InChI=1S/C21H22Cl3N3O2/c1-14(20(28)25-19-13-17(23)6-7-18(19)24)26-8-3-9-27(11-10-26)21(29)15-4-2-5-16(22)12-15/h2,4-7,12-14H,3,8-11H2,1H3,(H,25,28). The molecular weight excluding hydrogens is 433 g/mol. The lowest BCUT2D eigenvalue weighted by Crippen LogP contribution is -2.44. The van der Waals surface area contributed by atoms with Crippen LogP contribution in [-0.4, -0.2) is 53.8 Å². The van der Waals surface area contributed by atoms with Gasteiger partial charge >= 0.3 is 0 Å². The van der Waals surface area contributed by atoms with Gasteiger partial charge in [0.25, 0.3) is 5.91 Å². The average molecular weight is 455 g/mol. The highest BCUT2D eigenvalue weighted by Gasteiger charge is 2.26.